The van der Waals surface area contributed by atoms with Gasteiger partial charge in [0.15, 0.2) is 0 Å². The van der Waals surface area contributed by atoms with Gasteiger partial charge >= 0.3 is 6.18 Å². The van der Waals surface area contributed by atoms with E-state index in [1.165, 1.54) is 0 Å². The van der Waals surface area contributed by atoms with E-state index in [2.05, 4.69) is 15.1 Å². The highest BCUT2D eigenvalue weighted by Gasteiger charge is 2.36. The lowest BCUT2D eigenvalue weighted by atomic mass is 9.95. The van der Waals surface area contributed by atoms with E-state index in [-0.39, 0.29) is 18.2 Å². The van der Waals surface area contributed by atoms with Crippen LogP contribution in [0.4, 0.5) is 13.2 Å². The Hall–Kier alpha value is -0.730. The third-order valence-electron chi connectivity index (χ3n) is 3.39. The Morgan fingerprint density at radius 3 is 2.32 bits per heavy atom. The van der Waals surface area contributed by atoms with Crippen LogP contribution in [0.15, 0.2) is 0 Å². The fraction of sp³-hybridized carbons (Fsp3) is 0.818. The molecule has 0 radical (unpaired) electrons. The molecule has 1 aliphatic rings. The number of rotatable bonds is 2. The van der Waals surface area contributed by atoms with Gasteiger partial charge in [0.05, 0.1) is 12.6 Å². The Morgan fingerprint density at radius 2 is 1.84 bits per heavy atom. The van der Waals surface area contributed by atoms with Gasteiger partial charge in [-0.2, -0.15) is 13.2 Å². The van der Waals surface area contributed by atoms with Gasteiger partial charge in [-0.3, -0.25) is 4.90 Å². The number of piperidine rings is 1. The first-order valence-electron chi connectivity index (χ1n) is 6.10. The largest absolute Gasteiger partial charge is 0.445 e. The van der Waals surface area contributed by atoms with Crippen LogP contribution in [0.1, 0.15) is 36.7 Å². The highest BCUT2D eigenvalue weighted by atomic mass is 32.1. The van der Waals surface area contributed by atoms with E-state index in [0.29, 0.717) is 35.7 Å². The zero-order valence-corrected chi connectivity index (χ0v) is 11.5. The highest BCUT2D eigenvalue weighted by molar-refractivity contribution is 7.11. The van der Waals surface area contributed by atoms with Crippen LogP contribution in [0.25, 0.3) is 0 Å². The van der Waals surface area contributed by atoms with Gasteiger partial charge in [0.1, 0.15) is 5.01 Å². The zero-order valence-electron chi connectivity index (χ0n) is 10.7. The highest BCUT2D eigenvalue weighted by Crippen LogP contribution is 2.32. The monoisotopic (exact) mass is 295 g/mol. The Labute approximate surface area is 113 Å². The summed E-state index contributed by atoms with van der Waals surface area (Å²) in [5.41, 5.74) is 0. The number of hydrogen-bond acceptors (Lipinski definition) is 5. The molecule has 108 valence electrons. The van der Waals surface area contributed by atoms with Crippen LogP contribution < -0.4 is 0 Å². The molecule has 0 bridgehead atoms. The molecule has 1 fully saturated rings. The number of aromatic nitrogens is 2. The molecule has 19 heavy (non-hydrogen) atoms. The average molecular weight is 295 g/mol. The summed E-state index contributed by atoms with van der Waals surface area (Å²) in [6.07, 6.45) is -3.49. The van der Waals surface area contributed by atoms with Gasteiger partial charge in [-0.15, -0.1) is 10.2 Å². The van der Waals surface area contributed by atoms with Crippen LogP contribution in [0.3, 0.4) is 0 Å². The quantitative estimate of drug-likeness (QED) is 0.909. The number of aliphatic hydroxyl groups is 1. The predicted octanol–water partition coefficient (Wildman–Crippen LogP) is 2.29. The van der Waals surface area contributed by atoms with Crippen molar-refractivity contribution in [2.24, 2.45) is 0 Å². The van der Waals surface area contributed by atoms with Crippen LogP contribution in [0, 0.1) is 0 Å². The Morgan fingerprint density at radius 1 is 1.26 bits per heavy atom. The second kappa shape index (κ2) is 5.34. The number of halogens is 3. The van der Waals surface area contributed by atoms with Gasteiger partial charge < -0.3 is 5.11 Å². The third-order valence-corrected chi connectivity index (χ3v) is 4.34. The normalized spacial score (nSPS) is 29.7. The molecule has 2 rings (SSSR count). The average Bonchev–Trinajstić information content (AvgIpc) is 2.71. The van der Waals surface area contributed by atoms with E-state index in [1.807, 2.05) is 13.8 Å². The SMILES string of the molecule is C[C@H]1CC(O)C[C@H](C)N1Cc1nnc(C(F)(F)F)s1. The standard InChI is InChI=1S/C11H16F3N3OS/c1-6-3-8(18)4-7(2)17(6)5-9-15-16-10(19-9)11(12,13)14/h6-8,18H,3-5H2,1-2H3/t6-,7-/m0/s1. The van der Waals surface area contributed by atoms with Gasteiger partial charge in [-0.05, 0) is 26.7 Å². The molecular formula is C11H16F3N3OS. The van der Waals surface area contributed by atoms with E-state index in [9.17, 15) is 18.3 Å². The van der Waals surface area contributed by atoms with E-state index < -0.39 is 11.2 Å². The topological polar surface area (TPSA) is 49.2 Å². The van der Waals surface area contributed by atoms with Crippen molar-refractivity contribution in [2.45, 2.75) is 57.6 Å². The van der Waals surface area contributed by atoms with Crippen molar-refractivity contribution in [3.05, 3.63) is 10.0 Å². The maximum Gasteiger partial charge on any atom is 0.445 e. The van der Waals surface area contributed by atoms with Crippen LogP contribution in [0.2, 0.25) is 0 Å². The van der Waals surface area contributed by atoms with Crippen LogP contribution in [-0.2, 0) is 12.7 Å². The molecule has 1 N–H and O–H groups in total. The maximum absolute atomic E-state index is 12.4. The molecule has 1 saturated heterocycles. The zero-order chi connectivity index (χ0) is 14.2. The van der Waals surface area contributed by atoms with Gasteiger partial charge in [0.2, 0.25) is 5.01 Å². The van der Waals surface area contributed by atoms with Gasteiger partial charge in [0.25, 0.3) is 0 Å². The predicted molar refractivity (Wildman–Crippen MR) is 64.6 cm³/mol. The molecule has 8 heteroatoms. The number of hydrogen-bond donors (Lipinski definition) is 1. The molecule has 1 aromatic rings. The smallest absolute Gasteiger partial charge is 0.393 e. The van der Waals surface area contributed by atoms with Gasteiger partial charge in [0, 0.05) is 12.1 Å². The minimum Gasteiger partial charge on any atom is -0.393 e. The molecule has 0 unspecified atom stereocenters. The first-order valence-corrected chi connectivity index (χ1v) is 6.92. The van der Waals surface area contributed by atoms with E-state index in [0.717, 1.165) is 0 Å². The van der Waals surface area contributed by atoms with E-state index in [1.54, 1.807) is 0 Å². The second-order valence-electron chi connectivity index (χ2n) is 4.99. The summed E-state index contributed by atoms with van der Waals surface area (Å²) >= 11 is 0.587. The molecule has 4 nitrogen and oxygen atoms in total. The fourth-order valence-corrected chi connectivity index (χ4v) is 3.20. The summed E-state index contributed by atoms with van der Waals surface area (Å²) in [6.45, 7) is 4.28. The number of aliphatic hydroxyl groups excluding tert-OH is 1. The van der Waals surface area contributed by atoms with Crippen molar-refractivity contribution in [1.82, 2.24) is 15.1 Å². The fourth-order valence-electron chi connectivity index (χ4n) is 2.49. The number of likely N-dealkylation sites (tertiary alicyclic amines) is 1. The lowest BCUT2D eigenvalue weighted by Gasteiger charge is -2.40. The summed E-state index contributed by atoms with van der Waals surface area (Å²) in [7, 11) is 0. The van der Waals surface area contributed by atoms with Crippen molar-refractivity contribution < 1.29 is 18.3 Å². The van der Waals surface area contributed by atoms with Crippen molar-refractivity contribution in [2.75, 3.05) is 0 Å². The molecule has 1 aliphatic heterocycles. The third kappa shape index (κ3) is 3.43. The molecule has 2 heterocycles. The Bertz CT molecular complexity index is 425. The summed E-state index contributed by atoms with van der Waals surface area (Å²) < 4.78 is 37.3. The number of nitrogens with zero attached hydrogens (tertiary/aromatic N) is 3. The van der Waals surface area contributed by atoms with Gasteiger partial charge in [-0.1, -0.05) is 11.3 Å². The molecule has 0 saturated carbocycles. The molecule has 0 amide bonds. The number of alkyl halides is 3. The maximum atomic E-state index is 12.4. The second-order valence-corrected chi connectivity index (χ2v) is 6.06. The van der Waals surface area contributed by atoms with Crippen molar-refractivity contribution in [3.8, 4) is 0 Å². The van der Waals surface area contributed by atoms with Crippen LogP contribution in [-0.4, -0.2) is 38.4 Å². The van der Waals surface area contributed by atoms with Crippen molar-refractivity contribution >= 4 is 11.3 Å². The lowest BCUT2D eigenvalue weighted by Crippen LogP contribution is -2.47. The molecule has 2 atom stereocenters. The first-order chi connectivity index (χ1) is 8.77. The van der Waals surface area contributed by atoms with E-state index in [4.69, 9.17) is 0 Å². The molecule has 0 aliphatic carbocycles. The van der Waals surface area contributed by atoms with Crippen LogP contribution in [0.5, 0.6) is 0 Å². The summed E-state index contributed by atoms with van der Waals surface area (Å²) in [6, 6.07) is 0.244. The van der Waals surface area contributed by atoms with E-state index >= 15 is 0 Å². The Kier molecular flexibility index (Phi) is 4.12. The first kappa shape index (κ1) is 14.7. The van der Waals surface area contributed by atoms with Crippen molar-refractivity contribution in [1.29, 1.82) is 0 Å². The summed E-state index contributed by atoms with van der Waals surface area (Å²) in [5.74, 6) is 0. The molecular weight excluding hydrogens is 279 g/mol. The van der Waals surface area contributed by atoms with Crippen molar-refractivity contribution in [3.63, 3.8) is 0 Å². The minimum atomic E-state index is -4.43. The lowest BCUT2D eigenvalue weighted by molar-refractivity contribution is -0.138. The summed E-state index contributed by atoms with van der Waals surface area (Å²) in [4.78, 5) is 2.06. The minimum absolute atomic E-state index is 0.122. The molecule has 0 spiro atoms. The van der Waals surface area contributed by atoms with Gasteiger partial charge in [-0.25, -0.2) is 0 Å². The Balaban J connectivity index is 2.06. The molecule has 1 aromatic heterocycles. The summed E-state index contributed by atoms with van der Waals surface area (Å²) in [5, 5.41) is 15.9. The molecule has 0 aromatic carbocycles. The van der Waals surface area contributed by atoms with Crippen LogP contribution >= 0.6 is 11.3 Å².